The Morgan fingerprint density at radius 3 is 2.04 bits per heavy atom. The van der Waals surface area contributed by atoms with Crippen LogP contribution in [0.25, 0.3) is 0 Å². The molecule has 122 valence electrons. The summed E-state index contributed by atoms with van der Waals surface area (Å²) in [5.41, 5.74) is 1.68. The number of hydrogen-bond donors (Lipinski definition) is 1. The first-order chi connectivity index (χ1) is 10.6. The smallest absolute Gasteiger partial charge is 0.325 e. The Kier molecular flexibility index (Phi) is 4.22. The molecular weight excluding hydrogens is 298 g/mol. The number of nitrogens with zero attached hydrogens (tertiary/aromatic N) is 2. The van der Waals surface area contributed by atoms with E-state index in [0.29, 0.717) is 15.5 Å². The largest absolute Gasteiger partial charge is 0.334 e. The van der Waals surface area contributed by atoms with Crippen molar-refractivity contribution in [3.63, 3.8) is 0 Å². The predicted octanol–water partition coefficient (Wildman–Crippen LogP) is 1.34. The highest BCUT2D eigenvalue weighted by Gasteiger charge is 2.42. The highest BCUT2D eigenvalue weighted by molar-refractivity contribution is 6.44. The summed E-state index contributed by atoms with van der Waals surface area (Å²) in [5.74, 6) is -2.47. The molecule has 2 rings (SSSR count). The van der Waals surface area contributed by atoms with Crippen molar-refractivity contribution in [1.29, 1.82) is 0 Å². The van der Waals surface area contributed by atoms with Crippen molar-refractivity contribution in [2.75, 3.05) is 18.9 Å². The number of amides is 5. The third kappa shape index (κ3) is 3.39. The predicted molar refractivity (Wildman–Crippen MR) is 83.7 cm³/mol. The van der Waals surface area contributed by atoms with Crippen LogP contribution in [0.1, 0.15) is 26.3 Å². The number of urea groups is 1. The standard InChI is InChI=1S/C16H19N3O4/c1-16(2,3)10-5-7-11(8-6-10)17-12(20)9-19-14(22)13(21)18(4)15(19)23/h5-8H,9H2,1-4H3,(H,17,20). The van der Waals surface area contributed by atoms with Crippen molar-refractivity contribution in [2.45, 2.75) is 26.2 Å². The molecule has 1 fully saturated rings. The summed E-state index contributed by atoms with van der Waals surface area (Å²) in [6.45, 7) is 5.75. The lowest BCUT2D eigenvalue weighted by molar-refractivity contribution is -0.143. The molecule has 0 aromatic heterocycles. The van der Waals surface area contributed by atoms with Gasteiger partial charge in [0, 0.05) is 12.7 Å². The van der Waals surface area contributed by atoms with Crippen molar-refractivity contribution >= 4 is 29.4 Å². The normalized spacial score (nSPS) is 15.4. The van der Waals surface area contributed by atoms with E-state index in [1.165, 1.54) is 7.05 Å². The van der Waals surface area contributed by atoms with E-state index >= 15 is 0 Å². The molecule has 0 unspecified atom stereocenters. The molecule has 1 aliphatic heterocycles. The van der Waals surface area contributed by atoms with E-state index in [2.05, 4.69) is 26.1 Å². The minimum absolute atomic E-state index is 0.00186. The van der Waals surface area contributed by atoms with Gasteiger partial charge in [-0.2, -0.15) is 0 Å². The Labute approximate surface area is 134 Å². The quantitative estimate of drug-likeness (QED) is 0.673. The van der Waals surface area contributed by atoms with Crippen molar-refractivity contribution < 1.29 is 19.2 Å². The van der Waals surface area contributed by atoms with E-state index in [1.54, 1.807) is 12.1 Å². The number of nitrogens with one attached hydrogen (secondary N) is 1. The van der Waals surface area contributed by atoms with Gasteiger partial charge in [-0.05, 0) is 23.1 Å². The Bertz CT molecular complexity index is 674. The van der Waals surface area contributed by atoms with Crippen molar-refractivity contribution in [2.24, 2.45) is 0 Å². The molecule has 5 amide bonds. The van der Waals surface area contributed by atoms with Gasteiger partial charge in [-0.1, -0.05) is 32.9 Å². The van der Waals surface area contributed by atoms with Crippen molar-refractivity contribution in [3.8, 4) is 0 Å². The third-order valence-electron chi connectivity index (χ3n) is 3.59. The van der Waals surface area contributed by atoms with Crippen LogP contribution < -0.4 is 5.32 Å². The van der Waals surface area contributed by atoms with Crippen LogP contribution in [0.4, 0.5) is 10.5 Å². The van der Waals surface area contributed by atoms with Gasteiger partial charge < -0.3 is 5.32 Å². The zero-order valence-corrected chi connectivity index (χ0v) is 13.5. The third-order valence-corrected chi connectivity index (χ3v) is 3.59. The average Bonchev–Trinajstić information content (AvgIpc) is 2.65. The molecule has 23 heavy (non-hydrogen) atoms. The highest BCUT2D eigenvalue weighted by Crippen LogP contribution is 2.23. The molecule has 0 radical (unpaired) electrons. The first-order valence-corrected chi connectivity index (χ1v) is 7.15. The van der Waals surface area contributed by atoms with Crippen LogP contribution in [0.2, 0.25) is 0 Å². The molecule has 0 atom stereocenters. The average molecular weight is 317 g/mol. The topological polar surface area (TPSA) is 86.8 Å². The number of carbonyl (C=O) groups is 4. The van der Waals surface area contributed by atoms with Gasteiger partial charge in [-0.25, -0.2) is 9.69 Å². The maximum absolute atomic E-state index is 12.0. The fraction of sp³-hybridized carbons (Fsp3) is 0.375. The van der Waals surface area contributed by atoms with Gasteiger partial charge in [-0.3, -0.25) is 19.3 Å². The van der Waals surface area contributed by atoms with Gasteiger partial charge in [0.15, 0.2) is 0 Å². The number of anilines is 1. The minimum atomic E-state index is -0.990. The summed E-state index contributed by atoms with van der Waals surface area (Å²) in [5, 5.41) is 2.60. The number of benzene rings is 1. The molecule has 0 spiro atoms. The van der Waals surface area contributed by atoms with Crippen molar-refractivity contribution in [1.82, 2.24) is 9.80 Å². The van der Waals surface area contributed by atoms with Crippen LogP contribution >= 0.6 is 0 Å². The Morgan fingerprint density at radius 2 is 1.61 bits per heavy atom. The summed E-state index contributed by atoms with van der Waals surface area (Å²) in [6, 6.07) is 6.52. The van der Waals surface area contributed by atoms with Gasteiger partial charge in [0.1, 0.15) is 6.54 Å². The van der Waals surface area contributed by atoms with Crippen LogP contribution in [0, 0.1) is 0 Å². The second-order valence-electron chi connectivity index (χ2n) is 6.41. The van der Waals surface area contributed by atoms with Gasteiger partial charge in [0.25, 0.3) is 0 Å². The van der Waals surface area contributed by atoms with Crippen LogP contribution in [0.5, 0.6) is 0 Å². The summed E-state index contributed by atoms with van der Waals surface area (Å²) in [7, 11) is 1.20. The van der Waals surface area contributed by atoms with E-state index in [4.69, 9.17) is 0 Å². The van der Waals surface area contributed by atoms with E-state index in [0.717, 1.165) is 5.56 Å². The molecule has 1 N–H and O–H groups in total. The maximum atomic E-state index is 12.0. The van der Waals surface area contributed by atoms with E-state index in [9.17, 15) is 19.2 Å². The summed E-state index contributed by atoms with van der Waals surface area (Å²) in [6.07, 6.45) is 0. The van der Waals surface area contributed by atoms with Crippen LogP contribution in [0.15, 0.2) is 24.3 Å². The highest BCUT2D eigenvalue weighted by atomic mass is 16.2. The molecule has 1 saturated heterocycles. The number of carbonyl (C=O) groups excluding carboxylic acids is 4. The lowest BCUT2D eigenvalue weighted by Crippen LogP contribution is -2.38. The number of hydrogen-bond acceptors (Lipinski definition) is 4. The van der Waals surface area contributed by atoms with Gasteiger partial charge >= 0.3 is 17.8 Å². The fourth-order valence-electron chi connectivity index (χ4n) is 2.15. The molecule has 0 aliphatic carbocycles. The first-order valence-electron chi connectivity index (χ1n) is 7.15. The zero-order chi connectivity index (χ0) is 17.4. The molecule has 7 nitrogen and oxygen atoms in total. The molecule has 0 saturated carbocycles. The molecule has 1 heterocycles. The van der Waals surface area contributed by atoms with Crippen molar-refractivity contribution in [3.05, 3.63) is 29.8 Å². The van der Waals surface area contributed by atoms with E-state index in [-0.39, 0.29) is 5.41 Å². The molecule has 0 bridgehead atoms. The Hall–Kier alpha value is -2.70. The minimum Gasteiger partial charge on any atom is -0.325 e. The Balaban J connectivity index is 2.02. The monoisotopic (exact) mass is 317 g/mol. The molecule has 1 aromatic rings. The number of imide groups is 2. The van der Waals surface area contributed by atoms with Crippen LogP contribution in [-0.4, -0.2) is 47.1 Å². The first kappa shape index (κ1) is 16.7. The molecule has 1 aliphatic rings. The molecule has 7 heteroatoms. The lowest BCUT2D eigenvalue weighted by atomic mass is 9.87. The number of likely N-dealkylation sites (N-methyl/N-ethyl adjacent to an activating group) is 1. The van der Waals surface area contributed by atoms with E-state index < -0.39 is 30.3 Å². The SMILES string of the molecule is CN1C(=O)C(=O)N(CC(=O)Nc2ccc(C(C)(C)C)cc2)C1=O. The van der Waals surface area contributed by atoms with Crippen LogP contribution in [-0.2, 0) is 19.8 Å². The second kappa shape index (κ2) is 5.83. The second-order valence-corrected chi connectivity index (χ2v) is 6.41. The summed E-state index contributed by atoms with van der Waals surface area (Å²) in [4.78, 5) is 48.0. The van der Waals surface area contributed by atoms with Crippen LogP contribution in [0.3, 0.4) is 0 Å². The molecular formula is C16H19N3O4. The number of rotatable bonds is 3. The van der Waals surface area contributed by atoms with Gasteiger partial charge in [0.05, 0.1) is 0 Å². The lowest BCUT2D eigenvalue weighted by Gasteiger charge is -2.19. The molecule has 1 aromatic carbocycles. The van der Waals surface area contributed by atoms with Gasteiger partial charge in [-0.15, -0.1) is 0 Å². The van der Waals surface area contributed by atoms with E-state index in [1.807, 2.05) is 12.1 Å². The Morgan fingerprint density at radius 1 is 1.04 bits per heavy atom. The fourth-order valence-corrected chi connectivity index (χ4v) is 2.15. The summed E-state index contributed by atoms with van der Waals surface area (Å²) < 4.78 is 0. The zero-order valence-electron chi connectivity index (χ0n) is 13.5. The summed E-state index contributed by atoms with van der Waals surface area (Å²) >= 11 is 0. The maximum Gasteiger partial charge on any atom is 0.334 e. The van der Waals surface area contributed by atoms with Gasteiger partial charge in [0.2, 0.25) is 5.91 Å².